The van der Waals surface area contributed by atoms with Gasteiger partial charge in [0.15, 0.2) is 0 Å². The molecule has 0 aromatic heterocycles. The second-order valence-corrected chi connectivity index (χ2v) is 11.6. The third kappa shape index (κ3) is 45.2. The van der Waals surface area contributed by atoms with Crippen LogP contribution in [0.5, 0.6) is 0 Å². The van der Waals surface area contributed by atoms with Crippen LogP contribution in [-0.4, -0.2) is 21.7 Å². The minimum atomic E-state index is 0. The molecule has 0 aliphatic heterocycles. The number of rotatable bonds is 24. The van der Waals surface area contributed by atoms with Gasteiger partial charge in [0.1, 0.15) is 0 Å². The summed E-state index contributed by atoms with van der Waals surface area (Å²) in [5.41, 5.74) is 0. The minimum Gasteiger partial charge on any atom is -0.412 e. The van der Waals surface area contributed by atoms with Gasteiger partial charge in [0.2, 0.25) is 0 Å². The maximum absolute atomic E-state index is 4.78. The van der Waals surface area contributed by atoms with Crippen LogP contribution in [-0.2, 0) is 44.7 Å². The Kier molecular flexibility index (Phi) is 42.6. The van der Waals surface area contributed by atoms with Gasteiger partial charge in [0.05, 0.1) is 0 Å². The number of nitrogens with one attached hydrogen (secondary N) is 2. The summed E-state index contributed by atoms with van der Waals surface area (Å²) >= 11 is 19.1. The molecule has 0 unspecified atom stereocenters. The summed E-state index contributed by atoms with van der Waals surface area (Å²) in [5.74, 6) is 0. The summed E-state index contributed by atoms with van der Waals surface area (Å²) in [6.07, 6.45) is 30.4. The zero-order chi connectivity index (χ0) is 25.5. The van der Waals surface area contributed by atoms with Crippen molar-refractivity contribution in [3.63, 3.8) is 0 Å². The number of hydrogen-bond acceptors (Lipinski definition) is 4. The molecule has 0 spiro atoms. The zero-order valence-electron chi connectivity index (χ0n) is 23.3. The Morgan fingerprint density at radius 2 is 0.629 bits per heavy atom. The largest absolute Gasteiger partial charge is 2.00 e. The average molecular weight is 614 g/mol. The van der Waals surface area contributed by atoms with Gasteiger partial charge in [-0.15, -0.1) is 0 Å². The Labute approximate surface area is 255 Å². The first-order chi connectivity index (χ1) is 16.5. The van der Waals surface area contributed by atoms with E-state index in [-0.39, 0.29) is 19.5 Å². The van der Waals surface area contributed by atoms with Crippen LogP contribution in [0.3, 0.4) is 0 Å². The Bertz CT molecular complexity index is 388. The molecule has 0 saturated carbocycles. The fraction of sp³-hybridized carbons (Fsp3) is 0.929. The Morgan fingerprint density at radius 1 is 0.429 bits per heavy atom. The van der Waals surface area contributed by atoms with Gasteiger partial charge in [-0.05, 0) is 12.8 Å². The van der Waals surface area contributed by atoms with Crippen LogP contribution in [0.25, 0.3) is 0 Å². The Balaban J connectivity index is -0.000000569. The van der Waals surface area contributed by atoms with Gasteiger partial charge in [0, 0.05) is 13.1 Å². The van der Waals surface area contributed by atoms with E-state index in [1.807, 2.05) is 0 Å². The first-order valence-electron chi connectivity index (χ1n) is 14.4. The van der Waals surface area contributed by atoms with Gasteiger partial charge in [-0.25, -0.2) is 0 Å². The molecule has 0 saturated heterocycles. The van der Waals surface area contributed by atoms with Crippen molar-refractivity contribution in [3.8, 4) is 0 Å². The molecule has 0 radical (unpaired) electrons. The van der Waals surface area contributed by atoms with E-state index in [2.05, 4.69) is 24.5 Å². The molecule has 0 aliphatic carbocycles. The topological polar surface area (TPSA) is 24.1 Å². The predicted molar refractivity (Wildman–Crippen MR) is 169 cm³/mol. The van der Waals surface area contributed by atoms with E-state index >= 15 is 0 Å². The summed E-state index contributed by atoms with van der Waals surface area (Å²) in [4.78, 5) is 0. The second kappa shape index (κ2) is 37.0. The third-order valence-electron chi connectivity index (χ3n) is 6.10. The molecule has 0 bridgehead atoms. The van der Waals surface area contributed by atoms with E-state index < -0.39 is 0 Å². The van der Waals surface area contributed by atoms with Crippen LogP contribution in [0.15, 0.2) is 0 Å². The van der Waals surface area contributed by atoms with Crippen molar-refractivity contribution in [1.29, 1.82) is 0 Å². The van der Waals surface area contributed by atoms with Gasteiger partial charge in [-0.2, -0.15) is 0 Å². The van der Waals surface area contributed by atoms with E-state index in [4.69, 9.17) is 49.7 Å². The molecule has 0 aromatic carbocycles. The van der Waals surface area contributed by atoms with Crippen molar-refractivity contribution in [1.82, 2.24) is 10.6 Å². The van der Waals surface area contributed by atoms with Crippen molar-refractivity contribution in [2.24, 2.45) is 0 Å². The van der Waals surface area contributed by atoms with Crippen LogP contribution in [0, 0.1) is 0 Å². The summed E-state index contributed by atoms with van der Waals surface area (Å²) in [6, 6.07) is 0. The second-order valence-electron chi connectivity index (χ2n) is 9.50. The van der Waals surface area contributed by atoms with Crippen LogP contribution >= 0.6 is 24.4 Å². The van der Waals surface area contributed by atoms with Crippen molar-refractivity contribution in [2.75, 3.05) is 13.1 Å². The smallest absolute Gasteiger partial charge is 0.412 e. The molecule has 7 heteroatoms. The standard InChI is InChI=1S/2C14H29NS2.Zn/c2*1-2-3-4-5-6-7-8-9-10-11-12-13-15-14(16)17;/h2*2-13H2,1H3,(H2,15,16,17);/q;;+2/p-2. The van der Waals surface area contributed by atoms with Crippen LogP contribution in [0.4, 0.5) is 0 Å². The molecule has 204 valence electrons. The number of unbranched alkanes of at least 4 members (excludes halogenated alkanes) is 20. The SMILES string of the molecule is CCCCCCCCCCCCCNC(=S)[S-].CCCCCCCCCCCCCNC(=S)[S-].[Zn+2]. The summed E-state index contributed by atoms with van der Waals surface area (Å²) in [5, 5.41) is 6.05. The predicted octanol–water partition coefficient (Wildman–Crippen LogP) is 9.44. The first kappa shape index (κ1) is 40.3. The van der Waals surface area contributed by atoms with Crippen LogP contribution in [0.2, 0.25) is 0 Å². The summed E-state index contributed by atoms with van der Waals surface area (Å²) in [7, 11) is 0. The van der Waals surface area contributed by atoms with Crippen molar-refractivity contribution >= 4 is 58.3 Å². The Morgan fingerprint density at radius 3 is 0.829 bits per heavy atom. The molecule has 0 aliphatic rings. The quantitative estimate of drug-likeness (QED) is 0.0487. The van der Waals surface area contributed by atoms with Gasteiger partial charge in [-0.1, -0.05) is 151 Å². The monoisotopic (exact) mass is 612 g/mol. The van der Waals surface area contributed by atoms with Gasteiger partial charge in [-0.3, -0.25) is 0 Å². The van der Waals surface area contributed by atoms with E-state index in [9.17, 15) is 0 Å². The molecule has 2 nitrogen and oxygen atoms in total. The summed E-state index contributed by atoms with van der Waals surface area (Å²) in [6.45, 7) is 6.46. The van der Waals surface area contributed by atoms with Crippen LogP contribution in [0.1, 0.15) is 155 Å². The molecular weight excluding hydrogens is 558 g/mol. The molecule has 0 aromatic rings. The average Bonchev–Trinajstić information content (AvgIpc) is 2.80. The van der Waals surface area contributed by atoms with E-state index in [0.717, 1.165) is 13.1 Å². The Hall–Kier alpha value is 0.843. The molecular formula is C28H56N2S4Zn. The maximum Gasteiger partial charge on any atom is 2.00 e. The van der Waals surface area contributed by atoms with E-state index in [1.165, 1.54) is 141 Å². The van der Waals surface area contributed by atoms with Crippen LogP contribution < -0.4 is 10.6 Å². The molecule has 0 fully saturated rings. The van der Waals surface area contributed by atoms with Crippen molar-refractivity contribution in [3.05, 3.63) is 0 Å². The van der Waals surface area contributed by atoms with Gasteiger partial charge in [0.25, 0.3) is 0 Å². The number of thiocarbonyl (C=S) groups is 2. The molecule has 0 rings (SSSR count). The maximum atomic E-state index is 4.78. The molecule has 35 heavy (non-hydrogen) atoms. The number of hydrogen-bond donors (Lipinski definition) is 2. The van der Waals surface area contributed by atoms with E-state index in [0.29, 0.717) is 8.64 Å². The summed E-state index contributed by atoms with van der Waals surface area (Å²) < 4.78 is 1.02. The van der Waals surface area contributed by atoms with Crippen molar-refractivity contribution in [2.45, 2.75) is 155 Å². The van der Waals surface area contributed by atoms with E-state index in [1.54, 1.807) is 0 Å². The van der Waals surface area contributed by atoms with Gasteiger partial charge >= 0.3 is 19.5 Å². The third-order valence-corrected chi connectivity index (χ3v) is 6.68. The van der Waals surface area contributed by atoms with Gasteiger partial charge < -0.3 is 60.3 Å². The normalized spacial score (nSPS) is 10.1. The molecule has 0 atom stereocenters. The molecule has 0 amide bonds. The minimum absolute atomic E-state index is 0. The fourth-order valence-corrected chi connectivity index (χ4v) is 4.37. The molecule has 2 N–H and O–H groups in total. The fourth-order valence-electron chi connectivity index (χ4n) is 3.96. The molecule has 0 heterocycles. The zero-order valence-corrected chi connectivity index (χ0v) is 29.5. The van der Waals surface area contributed by atoms with Crippen molar-refractivity contribution < 1.29 is 19.5 Å². The first-order valence-corrected chi connectivity index (χ1v) is 16.1.